The van der Waals surface area contributed by atoms with Crippen molar-refractivity contribution in [1.29, 1.82) is 0 Å². The molecule has 0 radical (unpaired) electrons. The van der Waals surface area contributed by atoms with Crippen LogP contribution in [0.4, 0.5) is 0 Å². The van der Waals surface area contributed by atoms with Crippen LogP contribution in [0, 0.1) is 0 Å². The third kappa shape index (κ3) is 3.36. The van der Waals surface area contributed by atoms with Crippen molar-refractivity contribution in [3.05, 3.63) is 35.5 Å². The molecule has 1 nitrogen and oxygen atoms in total. The molecule has 0 N–H and O–H groups in total. The zero-order valence-electron chi connectivity index (χ0n) is 9.47. The van der Waals surface area contributed by atoms with Gasteiger partial charge in [0.15, 0.2) is 0 Å². The van der Waals surface area contributed by atoms with Crippen LogP contribution in [-0.4, -0.2) is 5.60 Å². The predicted molar refractivity (Wildman–Crippen MR) is 77.0 cm³/mol. The molecule has 0 spiro atoms. The van der Waals surface area contributed by atoms with Gasteiger partial charge in [-0.3, -0.25) is 4.18 Å². The Hall–Kier alpha value is 0.260. The number of hydrogen-bond acceptors (Lipinski definition) is 2. The minimum Gasteiger partial charge on any atom is -0.294 e. The molecule has 15 heavy (non-hydrogen) atoms. The molecular weight excluding hydrogens is 319 g/mol. The lowest BCUT2D eigenvalue weighted by Crippen LogP contribution is -2.23. The van der Waals surface area contributed by atoms with Gasteiger partial charge in [0.1, 0.15) is 5.60 Å². The van der Waals surface area contributed by atoms with Gasteiger partial charge in [0, 0.05) is 21.2 Å². The third-order valence-electron chi connectivity index (χ3n) is 2.65. The van der Waals surface area contributed by atoms with E-state index >= 15 is 0 Å². The van der Waals surface area contributed by atoms with Gasteiger partial charge < -0.3 is 0 Å². The fraction of sp³-hybridized carbons (Fsp3) is 0.500. The highest BCUT2D eigenvalue weighted by atomic mass is 127. The maximum Gasteiger partial charge on any atom is 0.106 e. The van der Waals surface area contributed by atoms with Crippen molar-refractivity contribution in [2.45, 2.75) is 39.2 Å². The summed E-state index contributed by atoms with van der Waals surface area (Å²) < 4.78 is 5.75. The van der Waals surface area contributed by atoms with Crippen molar-refractivity contribution < 1.29 is 4.18 Å². The minimum absolute atomic E-state index is 0.158. The van der Waals surface area contributed by atoms with E-state index in [1.54, 1.807) is 0 Å². The Kier molecular flexibility index (Phi) is 4.93. The molecule has 1 saturated carbocycles. The van der Waals surface area contributed by atoms with Crippen LogP contribution >= 0.6 is 30.4 Å². The first-order chi connectivity index (χ1) is 6.99. The average molecular weight is 336 g/mol. The first kappa shape index (κ1) is 13.3. The van der Waals surface area contributed by atoms with Gasteiger partial charge in [0.2, 0.25) is 0 Å². The zero-order valence-corrected chi connectivity index (χ0v) is 12.4. The fourth-order valence-electron chi connectivity index (χ4n) is 1.73. The Bertz CT molecular complexity index is 316. The van der Waals surface area contributed by atoms with Gasteiger partial charge in [-0.15, -0.1) is 0 Å². The maximum atomic E-state index is 5.75. The molecule has 1 unspecified atom stereocenters. The van der Waals surface area contributed by atoms with Gasteiger partial charge in [-0.05, 0) is 44.8 Å². The number of hydrogen-bond donors (Lipinski definition) is 0. The van der Waals surface area contributed by atoms with E-state index in [1.165, 1.54) is 25.9 Å². The van der Waals surface area contributed by atoms with Crippen LogP contribution in [0.3, 0.4) is 0 Å². The van der Waals surface area contributed by atoms with Gasteiger partial charge >= 0.3 is 0 Å². The van der Waals surface area contributed by atoms with E-state index in [2.05, 4.69) is 60.7 Å². The van der Waals surface area contributed by atoms with Crippen molar-refractivity contribution >= 4 is 30.4 Å². The molecule has 1 rings (SSSR count). The van der Waals surface area contributed by atoms with Crippen LogP contribution in [-0.2, 0) is 4.18 Å². The standard InChI is InChI=1S/C12H17IOS/c1-9(2)5-6-11-10(3)7-8-12(11,4)14-15-13/h5-6H,3,7-8H2,1-2,4H3/b11-6-. The molecule has 1 aliphatic carbocycles. The first-order valence-corrected chi connectivity index (χ1v) is 8.28. The number of allylic oxidation sites excluding steroid dienone is 3. The van der Waals surface area contributed by atoms with E-state index < -0.39 is 0 Å². The molecule has 1 atom stereocenters. The Morgan fingerprint density at radius 3 is 2.80 bits per heavy atom. The summed E-state index contributed by atoms with van der Waals surface area (Å²) in [5, 5.41) is 0. The first-order valence-electron chi connectivity index (χ1n) is 5.00. The minimum atomic E-state index is -0.158. The smallest absolute Gasteiger partial charge is 0.106 e. The van der Waals surface area contributed by atoms with Crippen molar-refractivity contribution in [2.75, 3.05) is 0 Å². The topological polar surface area (TPSA) is 9.23 Å². The molecule has 3 heteroatoms. The second-order valence-corrected chi connectivity index (χ2v) is 5.68. The van der Waals surface area contributed by atoms with Crippen LogP contribution in [0.2, 0.25) is 0 Å². The fourth-order valence-corrected chi connectivity index (χ4v) is 3.24. The van der Waals surface area contributed by atoms with Gasteiger partial charge in [0.05, 0.1) is 9.21 Å². The van der Waals surface area contributed by atoms with Gasteiger partial charge in [-0.2, -0.15) is 0 Å². The second kappa shape index (κ2) is 5.55. The zero-order chi connectivity index (χ0) is 11.5. The van der Waals surface area contributed by atoms with Crippen molar-refractivity contribution in [2.24, 2.45) is 0 Å². The van der Waals surface area contributed by atoms with Gasteiger partial charge in [-0.25, -0.2) is 0 Å². The monoisotopic (exact) mass is 336 g/mol. The number of halogens is 1. The third-order valence-corrected chi connectivity index (χ3v) is 3.62. The molecule has 0 aliphatic heterocycles. The van der Waals surface area contributed by atoms with E-state index in [0.717, 1.165) is 12.8 Å². The Morgan fingerprint density at radius 2 is 2.27 bits per heavy atom. The van der Waals surface area contributed by atoms with Crippen molar-refractivity contribution in [3.8, 4) is 0 Å². The second-order valence-electron chi connectivity index (χ2n) is 4.31. The highest BCUT2D eigenvalue weighted by Crippen LogP contribution is 2.44. The largest absolute Gasteiger partial charge is 0.294 e. The van der Waals surface area contributed by atoms with Gasteiger partial charge in [-0.1, -0.05) is 24.3 Å². The summed E-state index contributed by atoms with van der Waals surface area (Å²) in [6.45, 7) is 10.4. The van der Waals surface area contributed by atoms with Crippen molar-refractivity contribution in [1.82, 2.24) is 0 Å². The van der Waals surface area contributed by atoms with E-state index in [-0.39, 0.29) is 5.60 Å². The summed E-state index contributed by atoms with van der Waals surface area (Å²) >= 11 is 2.17. The summed E-state index contributed by atoms with van der Waals surface area (Å²) in [7, 11) is 1.41. The SMILES string of the molecule is C=C1CCC(C)(OSI)/C1=C\C=C(C)C. The Morgan fingerprint density at radius 1 is 1.60 bits per heavy atom. The van der Waals surface area contributed by atoms with Crippen LogP contribution in [0.15, 0.2) is 35.5 Å². The predicted octanol–water partition coefficient (Wildman–Crippen LogP) is 5.00. The molecule has 1 fully saturated rings. The van der Waals surface area contributed by atoms with Gasteiger partial charge in [0.25, 0.3) is 0 Å². The lowest BCUT2D eigenvalue weighted by atomic mass is 9.97. The van der Waals surface area contributed by atoms with Crippen LogP contribution in [0.5, 0.6) is 0 Å². The van der Waals surface area contributed by atoms with E-state index in [1.807, 2.05) is 0 Å². The molecule has 0 heterocycles. The summed E-state index contributed by atoms with van der Waals surface area (Å²) in [4.78, 5) is 0. The van der Waals surface area contributed by atoms with E-state index in [9.17, 15) is 0 Å². The van der Waals surface area contributed by atoms with Crippen LogP contribution in [0.1, 0.15) is 33.6 Å². The highest BCUT2D eigenvalue weighted by molar-refractivity contribution is 14.2. The molecule has 0 aromatic rings. The molecule has 0 aromatic carbocycles. The summed E-state index contributed by atoms with van der Waals surface area (Å²) in [6, 6.07) is 0. The summed E-state index contributed by atoms with van der Waals surface area (Å²) in [6.07, 6.45) is 6.35. The summed E-state index contributed by atoms with van der Waals surface area (Å²) in [5.41, 5.74) is 3.59. The highest BCUT2D eigenvalue weighted by Gasteiger charge is 2.37. The molecule has 0 amide bonds. The maximum absolute atomic E-state index is 5.75. The van der Waals surface area contributed by atoms with Crippen LogP contribution in [0.25, 0.3) is 0 Å². The molecule has 0 bridgehead atoms. The summed E-state index contributed by atoms with van der Waals surface area (Å²) in [5.74, 6) is 0. The lowest BCUT2D eigenvalue weighted by molar-refractivity contribution is 0.173. The quantitative estimate of drug-likeness (QED) is 0.530. The van der Waals surface area contributed by atoms with Crippen LogP contribution < -0.4 is 0 Å². The normalized spacial score (nSPS) is 28.5. The molecule has 84 valence electrons. The molecule has 1 aliphatic rings. The molecule has 0 aromatic heterocycles. The molecule has 0 saturated heterocycles. The lowest BCUT2D eigenvalue weighted by Gasteiger charge is -2.23. The van der Waals surface area contributed by atoms with Crippen molar-refractivity contribution in [3.63, 3.8) is 0 Å². The van der Waals surface area contributed by atoms with E-state index in [0.29, 0.717) is 0 Å². The Labute approximate surface area is 109 Å². The van der Waals surface area contributed by atoms with E-state index in [4.69, 9.17) is 4.18 Å². The Balaban J connectivity index is 2.95. The average Bonchev–Trinajstić information content (AvgIpc) is 2.40. The molecular formula is C12H17IOS. The number of rotatable bonds is 3.